The molecule has 2 aromatic rings. The molecule has 4 aliphatic rings. The molecule has 3 heterocycles. The van der Waals surface area contributed by atoms with Crippen LogP contribution in [0, 0.1) is 5.92 Å². The van der Waals surface area contributed by atoms with E-state index < -0.39 is 11.6 Å². The Morgan fingerprint density at radius 3 is 2.45 bits per heavy atom. The molecule has 170 valence electrons. The molecule has 3 fully saturated rings. The first-order valence-electron chi connectivity index (χ1n) is 12.2. The molecule has 2 amide bonds. The fourth-order valence-corrected chi connectivity index (χ4v) is 6.51. The average Bonchev–Trinajstić information content (AvgIpc) is 3.61. The molecule has 0 unspecified atom stereocenters. The molecule has 33 heavy (non-hydrogen) atoms. The molecule has 2 aromatic carbocycles. The van der Waals surface area contributed by atoms with Gasteiger partial charge in [-0.2, -0.15) is 0 Å². The Labute approximate surface area is 194 Å². The van der Waals surface area contributed by atoms with E-state index in [1.54, 1.807) is 0 Å². The molecule has 3 aliphatic heterocycles. The van der Waals surface area contributed by atoms with E-state index in [1.807, 2.05) is 47.4 Å². The fourth-order valence-electron chi connectivity index (χ4n) is 6.51. The van der Waals surface area contributed by atoms with E-state index in [9.17, 15) is 9.59 Å². The van der Waals surface area contributed by atoms with Crippen molar-refractivity contribution < 1.29 is 14.3 Å². The lowest BCUT2D eigenvalue weighted by atomic mass is 9.72. The van der Waals surface area contributed by atoms with Crippen LogP contribution in [0.25, 0.3) is 0 Å². The maximum Gasteiger partial charge on any atom is 0.246 e. The lowest BCUT2D eigenvalue weighted by Crippen LogP contribution is -2.56. The van der Waals surface area contributed by atoms with Gasteiger partial charge in [-0.3, -0.25) is 9.59 Å². The minimum absolute atomic E-state index is 0.0400. The minimum atomic E-state index is -0.887. The highest BCUT2D eigenvalue weighted by atomic mass is 16.5. The number of amides is 2. The van der Waals surface area contributed by atoms with E-state index in [2.05, 4.69) is 35.7 Å². The van der Waals surface area contributed by atoms with Crippen molar-refractivity contribution in [1.82, 2.24) is 10.2 Å². The van der Waals surface area contributed by atoms with Gasteiger partial charge >= 0.3 is 0 Å². The fraction of sp³-hybridized carbons (Fsp3) is 0.429. The smallest absolute Gasteiger partial charge is 0.246 e. The van der Waals surface area contributed by atoms with Gasteiger partial charge in [0.15, 0.2) is 0 Å². The molecule has 0 aromatic heterocycles. The predicted octanol–water partition coefficient (Wildman–Crippen LogP) is 3.61. The van der Waals surface area contributed by atoms with E-state index in [4.69, 9.17) is 4.74 Å². The van der Waals surface area contributed by atoms with Gasteiger partial charge in [-0.15, -0.1) is 0 Å². The maximum atomic E-state index is 14.0. The Morgan fingerprint density at radius 1 is 1.03 bits per heavy atom. The molecule has 5 heteroatoms. The zero-order valence-electron chi connectivity index (χ0n) is 18.7. The number of benzene rings is 2. The van der Waals surface area contributed by atoms with Crippen molar-refractivity contribution in [2.75, 3.05) is 6.54 Å². The Kier molecular flexibility index (Phi) is 5.10. The van der Waals surface area contributed by atoms with E-state index in [0.717, 1.165) is 36.8 Å². The van der Waals surface area contributed by atoms with Gasteiger partial charge in [0.1, 0.15) is 11.6 Å². The molecule has 2 bridgehead atoms. The second-order valence-corrected chi connectivity index (χ2v) is 9.87. The summed E-state index contributed by atoms with van der Waals surface area (Å²) in [5.74, 6) is -0.458. The third kappa shape index (κ3) is 3.33. The number of carbonyl (C=O) groups excluding carboxylic acids is 2. The summed E-state index contributed by atoms with van der Waals surface area (Å²) in [6, 6.07) is 19.9. The summed E-state index contributed by atoms with van der Waals surface area (Å²) in [5, 5.41) is 3.27. The van der Waals surface area contributed by atoms with Crippen molar-refractivity contribution >= 4 is 11.8 Å². The second kappa shape index (κ2) is 8.14. The first-order chi connectivity index (χ1) is 16.2. The zero-order chi connectivity index (χ0) is 22.4. The molecule has 6 rings (SSSR count). The van der Waals surface area contributed by atoms with Crippen LogP contribution in [-0.4, -0.2) is 47.0 Å². The summed E-state index contributed by atoms with van der Waals surface area (Å²) in [5.41, 5.74) is 1.38. The molecule has 2 saturated heterocycles. The molecular formula is C28H30N2O3. The molecular weight excluding hydrogens is 412 g/mol. The quantitative estimate of drug-likeness (QED) is 0.696. The Balaban J connectivity index is 1.35. The lowest BCUT2D eigenvalue weighted by Gasteiger charge is -2.33. The zero-order valence-corrected chi connectivity index (χ0v) is 18.7. The van der Waals surface area contributed by atoms with E-state index >= 15 is 0 Å². The third-order valence-corrected chi connectivity index (χ3v) is 7.99. The third-order valence-electron chi connectivity index (χ3n) is 7.99. The van der Waals surface area contributed by atoms with Crippen molar-refractivity contribution in [2.24, 2.45) is 5.92 Å². The number of nitrogens with one attached hydrogen (secondary N) is 1. The van der Waals surface area contributed by atoms with Crippen molar-refractivity contribution in [3.63, 3.8) is 0 Å². The van der Waals surface area contributed by atoms with Crippen molar-refractivity contribution in [1.29, 1.82) is 0 Å². The largest absolute Gasteiger partial charge is 0.359 e. The van der Waals surface area contributed by atoms with Gasteiger partial charge in [0.25, 0.3) is 0 Å². The molecule has 0 radical (unpaired) electrons. The number of rotatable bonds is 6. The van der Waals surface area contributed by atoms with Crippen LogP contribution in [0.4, 0.5) is 0 Å². The predicted molar refractivity (Wildman–Crippen MR) is 125 cm³/mol. The van der Waals surface area contributed by atoms with E-state index in [1.165, 1.54) is 0 Å². The summed E-state index contributed by atoms with van der Waals surface area (Å²) in [4.78, 5) is 29.5. The summed E-state index contributed by atoms with van der Waals surface area (Å²) >= 11 is 0. The molecule has 5 nitrogen and oxygen atoms in total. The van der Waals surface area contributed by atoms with Gasteiger partial charge in [-0.1, -0.05) is 85.7 Å². The second-order valence-electron chi connectivity index (χ2n) is 9.87. The number of likely N-dealkylation sites (tertiary alicyclic amines) is 1. The number of hydrogen-bond donors (Lipinski definition) is 1. The van der Waals surface area contributed by atoms with Crippen LogP contribution in [0.15, 0.2) is 72.8 Å². The van der Waals surface area contributed by atoms with Gasteiger partial charge < -0.3 is 15.0 Å². The molecule has 1 aliphatic carbocycles. The van der Waals surface area contributed by atoms with E-state index in [0.29, 0.717) is 13.0 Å². The number of ether oxygens (including phenoxy) is 1. The van der Waals surface area contributed by atoms with Gasteiger partial charge in [0.2, 0.25) is 11.8 Å². The van der Waals surface area contributed by atoms with Crippen LogP contribution in [0.5, 0.6) is 0 Å². The molecule has 1 N–H and O–H groups in total. The van der Waals surface area contributed by atoms with Crippen molar-refractivity contribution in [3.05, 3.63) is 83.9 Å². The number of hydrogen-bond acceptors (Lipinski definition) is 3. The Morgan fingerprint density at radius 2 is 1.73 bits per heavy atom. The van der Waals surface area contributed by atoms with Gasteiger partial charge in [0.05, 0.1) is 12.0 Å². The highest BCUT2D eigenvalue weighted by molar-refractivity contribution is 5.97. The van der Waals surface area contributed by atoms with Crippen LogP contribution in [0.1, 0.15) is 42.7 Å². The number of fused-ring (bicyclic) bond motifs is 1. The number of nitrogens with zero attached hydrogens (tertiary/aromatic N) is 1. The van der Waals surface area contributed by atoms with Crippen LogP contribution in [-0.2, 0) is 20.7 Å². The summed E-state index contributed by atoms with van der Waals surface area (Å²) in [6.07, 6.45) is 8.95. The van der Waals surface area contributed by atoms with Crippen LogP contribution in [0.3, 0.4) is 0 Å². The normalized spacial score (nSPS) is 32.5. The summed E-state index contributed by atoms with van der Waals surface area (Å²) in [7, 11) is 0. The highest BCUT2D eigenvalue weighted by Gasteiger charge is 2.71. The standard InChI is InChI=1S/C28H30N2O3/c31-26(29-21-13-7-8-14-21)25-28-17-15-22(33-28)23(20-11-5-2-6-12-20)24(28)27(32)30(25)18-16-19-9-3-1-4-10-19/h1-6,9-12,15,17,21-25H,7-8,13-14,16,18H2,(H,29,31)/t22-,23-,24-,25+,28+/m1/s1. The Hall–Kier alpha value is -2.92. The van der Waals surface area contributed by atoms with Crippen LogP contribution < -0.4 is 5.32 Å². The maximum absolute atomic E-state index is 14.0. The molecule has 5 atom stereocenters. The lowest BCUT2D eigenvalue weighted by molar-refractivity contribution is -0.139. The highest BCUT2D eigenvalue weighted by Crippen LogP contribution is 2.58. The van der Waals surface area contributed by atoms with Crippen LogP contribution >= 0.6 is 0 Å². The average molecular weight is 443 g/mol. The summed E-state index contributed by atoms with van der Waals surface area (Å²) < 4.78 is 6.57. The molecule has 1 saturated carbocycles. The van der Waals surface area contributed by atoms with Crippen LogP contribution in [0.2, 0.25) is 0 Å². The Bertz CT molecular complexity index is 1060. The topological polar surface area (TPSA) is 58.6 Å². The van der Waals surface area contributed by atoms with E-state index in [-0.39, 0.29) is 35.8 Å². The molecule has 1 spiro atoms. The van der Waals surface area contributed by atoms with Crippen molar-refractivity contribution in [2.45, 2.75) is 61.8 Å². The first-order valence-corrected chi connectivity index (χ1v) is 12.2. The number of carbonyl (C=O) groups is 2. The summed E-state index contributed by atoms with van der Waals surface area (Å²) in [6.45, 7) is 0.507. The SMILES string of the molecule is O=C(NC1CCCC1)[C@@H]1N(CCc2ccccc2)C(=O)[C@H]2[C@H](c3ccccc3)[C@H]3C=C[C@@]12O3. The monoisotopic (exact) mass is 442 g/mol. The minimum Gasteiger partial charge on any atom is -0.359 e. The van der Waals surface area contributed by atoms with Gasteiger partial charge in [-0.05, 0) is 30.4 Å². The van der Waals surface area contributed by atoms with Gasteiger partial charge in [-0.25, -0.2) is 0 Å². The van der Waals surface area contributed by atoms with Crippen molar-refractivity contribution in [3.8, 4) is 0 Å². The first kappa shape index (κ1) is 20.7. The van der Waals surface area contributed by atoms with Gasteiger partial charge in [0, 0.05) is 18.5 Å².